The summed E-state index contributed by atoms with van der Waals surface area (Å²) < 4.78 is 0. The van der Waals surface area contributed by atoms with Gasteiger partial charge in [-0.25, -0.2) is 0 Å². The molecule has 0 saturated carbocycles. The molecule has 0 radical (unpaired) electrons. The Morgan fingerprint density at radius 1 is 1.25 bits per heavy atom. The van der Waals surface area contributed by atoms with Gasteiger partial charge in [0.25, 0.3) is 11.6 Å². The number of aliphatic imine (C=N–C) groups is 1. The molecule has 106 valence electrons. The van der Waals surface area contributed by atoms with Gasteiger partial charge in [-0.05, 0) is 31.4 Å². The van der Waals surface area contributed by atoms with Gasteiger partial charge in [0, 0.05) is 30.8 Å². The van der Waals surface area contributed by atoms with Crippen LogP contribution in [0, 0.1) is 10.1 Å². The zero-order valence-electron chi connectivity index (χ0n) is 11.0. The number of hydrogen-bond donors (Lipinski definition) is 2. The van der Waals surface area contributed by atoms with Crippen LogP contribution >= 0.6 is 0 Å². The first-order chi connectivity index (χ1) is 9.66. The topological polar surface area (TPSA) is 96.6 Å². The van der Waals surface area contributed by atoms with Crippen LogP contribution in [-0.4, -0.2) is 29.9 Å². The third-order valence-electron chi connectivity index (χ3n) is 2.97. The summed E-state index contributed by atoms with van der Waals surface area (Å²) in [7, 11) is 0. The molecule has 1 aromatic rings. The number of guanidine groups is 1. The van der Waals surface area contributed by atoms with Crippen molar-refractivity contribution in [2.75, 3.05) is 13.1 Å². The number of rotatable bonds is 2. The standard InChI is InChI=1S/C13H16N4O3/c18-12(10-4-6-11(7-5-10)17(19)20)16-13-14-8-2-1-3-9-15-13/h4-7H,1-3,8-9H2,(H2,14,15,16,18). The van der Waals surface area contributed by atoms with Gasteiger partial charge in [0.1, 0.15) is 0 Å². The molecule has 0 atom stereocenters. The van der Waals surface area contributed by atoms with Crippen LogP contribution in [0.15, 0.2) is 29.3 Å². The van der Waals surface area contributed by atoms with Gasteiger partial charge in [0.2, 0.25) is 0 Å². The van der Waals surface area contributed by atoms with Gasteiger partial charge in [-0.1, -0.05) is 0 Å². The van der Waals surface area contributed by atoms with Crippen molar-refractivity contribution in [1.82, 2.24) is 10.6 Å². The summed E-state index contributed by atoms with van der Waals surface area (Å²) >= 11 is 0. The number of carbonyl (C=O) groups excluding carboxylic acids is 1. The fourth-order valence-corrected chi connectivity index (χ4v) is 1.87. The van der Waals surface area contributed by atoms with E-state index in [4.69, 9.17) is 0 Å². The molecule has 2 N–H and O–H groups in total. The molecular weight excluding hydrogens is 260 g/mol. The average molecular weight is 276 g/mol. The Bertz CT molecular complexity index is 525. The van der Waals surface area contributed by atoms with E-state index in [1.54, 1.807) is 0 Å². The van der Waals surface area contributed by atoms with Crippen LogP contribution in [0.25, 0.3) is 0 Å². The summed E-state index contributed by atoms with van der Waals surface area (Å²) in [5.41, 5.74) is 0.324. The highest BCUT2D eigenvalue weighted by molar-refractivity contribution is 6.05. The molecule has 1 aromatic carbocycles. The third-order valence-corrected chi connectivity index (χ3v) is 2.97. The van der Waals surface area contributed by atoms with Crippen molar-refractivity contribution in [2.24, 2.45) is 4.99 Å². The second kappa shape index (κ2) is 6.65. The molecule has 0 unspecified atom stereocenters. The summed E-state index contributed by atoms with van der Waals surface area (Å²) in [6.07, 6.45) is 3.19. The van der Waals surface area contributed by atoms with Crippen LogP contribution < -0.4 is 10.6 Å². The number of nitro groups is 1. The Morgan fingerprint density at radius 2 is 2.00 bits per heavy atom. The Morgan fingerprint density at radius 3 is 2.70 bits per heavy atom. The summed E-state index contributed by atoms with van der Waals surface area (Å²) in [5, 5.41) is 16.3. The highest BCUT2D eigenvalue weighted by atomic mass is 16.6. The van der Waals surface area contributed by atoms with Crippen LogP contribution in [-0.2, 0) is 0 Å². The van der Waals surface area contributed by atoms with Gasteiger partial charge >= 0.3 is 0 Å². The van der Waals surface area contributed by atoms with E-state index in [1.807, 2.05) is 0 Å². The molecule has 1 amide bonds. The molecule has 1 heterocycles. The van der Waals surface area contributed by atoms with Crippen LogP contribution in [0.5, 0.6) is 0 Å². The van der Waals surface area contributed by atoms with E-state index in [0.29, 0.717) is 18.1 Å². The van der Waals surface area contributed by atoms with Crippen LogP contribution in [0.1, 0.15) is 29.6 Å². The highest BCUT2D eigenvalue weighted by Crippen LogP contribution is 2.11. The van der Waals surface area contributed by atoms with E-state index in [9.17, 15) is 14.9 Å². The molecule has 20 heavy (non-hydrogen) atoms. The van der Waals surface area contributed by atoms with Gasteiger partial charge in [-0.2, -0.15) is 0 Å². The Hall–Kier alpha value is -2.44. The minimum Gasteiger partial charge on any atom is -0.356 e. The van der Waals surface area contributed by atoms with Crippen LogP contribution in [0.4, 0.5) is 5.69 Å². The van der Waals surface area contributed by atoms with Crippen molar-refractivity contribution in [2.45, 2.75) is 19.3 Å². The predicted octanol–water partition coefficient (Wildman–Crippen LogP) is 1.45. The number of nitro benzene ring substituents is 1. The molecule has 0 saturated heterocycles. The molecule has 0 aliphatic carbocycles. The zero-order chi connectivity index (χ0) is 14.4. The summed E-state index contributed by atoms with van der Waals surface area (Å²) in [5.74, 6) is 0.139. The lowest BCUT2D eigenvalue weighted by atomic mass is 10.2. The molecule has 1 aliphatic rings. The van der Waals surface area contributed by atoms with E-state index in [2.05, 4.69) is 15.6 Å². The summed E-state index contributed by atoms with van der Waals surface area (Å²) in [6, 6.07) is 5.47. The zero-order valence-corrected chi connectivity index (χ0v) is 11.0. The van der Waals surface area contributed by atoms with Crippen LogP contribution in [0.2, 0.25) is 0 Å². The Kier molecular flexibility index (Phi) is 4.65. The SMILES string of the molecule is O=C(NC1=NCCCCCN1)c1ccc([N+](=O)[O-])cc1. The van der Waals surface area contributed by atoms with E-state index in [-0.39, 0.29) is 11.6 Å². The molecular formula is C13H16N4O3. The summed E-state index contributed by atoms with van der Waals surface area (Å²) in [4.78, 5) is 26.3. The quantitative estimate of drug-likeness (QED) is 0.631. The number of carbonyl (C=O) groups is 1. The fraction of sp³-hybridized carbons (Fsp3) is 0.385. The van der Waals surface area contributed by atoms with Crippen molar-refractivity contribution in [1.29, 1.82) is 0 Å². The summed E-state index contributed by atoms with van der Waals surface area (Å²) in [6.45, 7) is 1.46. The van der Waals surface area contributed by atoms with Crippen molar-refractivity contribution in [3.63, 3.8) is 0 Å². The molecule has 7 heteroatoms. The highest BCUT2D eigenvalue weighted by Gasteiger charge is 2.11. The maximum absolute atomic E-state index is 12.0. The third kappa shape index (κ3) is 3.78. The van der Waals surface area contributed by atoms with Crippen LogP contribution in [0.3, 0.4) is 0 Å². The minimum absolute atomic E-state index is 0.0389. The Labute approximate surface area is 116 Å². The first kappa shape index (κ1) is 14.0. The second-order valence-electron chi connectivity index (χ2n) is 4.48. The van der Waals surface area contributed by atoms with E-state index in [1.165, 1.54) is 24.3 Å². The number of non-ortho nitro benzene ring substituents is 1. The first-order valence-corrected chi connectivity index (χ1v) is 6.51. The molecule has 2 rings (SSSR count). The number of nitrogens with zero attached hydrogens (tertiary/aromatic N) is 2. The second-order valence-corrected chi connectivity index (χ2v) is 4.48. The van der Waals surface area contributed by atoms with Gasteiger partial charge in [-0.15, -0.1) is 0 Å². The lowest BCUT2D eigenvalue weighted by Gasteiger charge is -2.13. The molecule has 0 spiro atoms. The van der Waals surface area contributed by atoms with Crippen molar-refractivity contribution >= 4 is 17.6 Å². The molecule has 7 nitrogen and oxygen atoms in total. The lowest BCUT2D eigenvalue weighted by Crippen LogP contribution is -2.42. The van der Waals surface area contributed by atoms with Crippen molar-refractivity contribution in [3.05, 3.63) is 39.9 Å². The van der Waals surface area contributed by atoms with Gasteiger partial charge < -0.3 is 5.32 Å². The number of benzene rings is 1. The first-order valence-electron chi connectivity index (χ1n) is 6.51. The van der Waals surface area contributed by atoms with E-state index >= 15 is 0 Å². The van der Waals surface area contributed by atoms with Gasteiger partial charge in [0.05, 0.1) is 4.92 Å². The molecule has 0 bridgehead atoms. The molecule has 0 fully saturated rings. The minimum atomic E-state index is -0.498. The monoisotopic (exact) mass is 276 g/mol. The predicted molar refractivity (Wildman–Crippen MR) is 74.7 cm³/mol. The van der Waals surface area contributed by atoms with Gasteiger partial charge in [-0.3, -0.25) is 25.2 Å². The fourth-order valence-electron chi connectivity index (χ4n) is 1.87. The lowest BCUT2D eigenvalue weighted by molar-refractivity contribution is -0.384. The average Bonchev–Trinajstić information content (AvgIpc) is 2.41. The van der Waals surface area contributed by atoms with Crippen molar-refractivity contribution in [3.8, 4) is 0 Å². The number of hydrogen-bond acceptors (Lipinski definition) is 5. The van der Waals surface area contributed by atoms with Gasteiger partial charge in [0.15, 0.2) is 5.96 Å². The smallest absolute Gasteiger partial charge is 0.269 e. The Balaban J connectivity index is 2.01. The van der Waals surface area contributed by atoms with E-state index < -0.39 is 4.92 Å². The number of nitrogens with one attached hydrogen (secondary N) is 2. The molecule has 1 aliphatic heterocycles. The molecule has 0 aromatic heterocycles. The number of amides is 1. The normalized spacial score (nSPS) is 15.3. The maximum atomic E-state index is 12.0. The van der Waals surface area contributed by atoms with E-state index in [0.717, 1.165) is 25.8 Å². The largest absolute Gasteiger partial charge is 0.356 e. The van der Waals surface area contributed by atoms with Crippen molar-refractivity contribution < 1.29 is 9.72 Å². The maximum Gasteiger partial charge on any atom is 0.269 e.